The summed E-state index contributed by atoms with van der Waals surface area (Å²) in [5, 5.41) is 9.99. The summed E-state index contributed by atoms with van der Waals surface area (Å²) in [7, 11) is -1.82. The highest BCUT2D eigenvalue weighted by molar-refractivity contribution is 9.10. The SMILES string of the molecule is Cn1cccc1C(O)CNS(=O)(=O)c1ccc(Br)cc1. The largest absolute Gasteiger partial charge is 0.386 e. The van der Waals surface area contributed by atoms with Crippen molar-refractivity contribution in [1.29, 1.82) is 0 Å². The molecule has 20 heavy (non-hydrogen) atoms. The maximum absolute atomic E-state index is 12.1. The van der Waals surface area contributed by atoms with Crippen molar-refractivity contribution in [3.8, 4) is 0 Å². The molecular formula is C13H15BrN2O3S. The lowest BCUT2D eigenvalue weighted by Gasteiger charge is -2.13. The fourth-order valence-corrected chi connectivity index (χ4v) is 3.11. The number of aliphatic hydroxyl groups excluding tert-OH is 1. The first-order valence-electron chi connectivity index (χ1n) is 5.94. The zero-order chi connectivity index (χ0) is 14.8. The molecule has 5 nitrogen and oxygen atoms in total. The predicted molar refractivity (Wildman–Crippen MR) is 79.7 cm³/mol. The summed E-state index contributed by atoms with van der Waals surface area (Å²) in [6.45, 7) is -0.0732. The summed E-state index contributed by atoms with van der Waals surface area (Å²) in [6.07, 6.45) is 0.905. The number of rotatable bonds is 5. The van der Waals surface area contributed by atoms with Gasteiger partial charge >= 0.3 is 0 Å². The van der Waals surface area contributed by atoms with E-state index in [1.54, 1.807) is 42.1 Å². The topological polar surface area (TPSA) is 71.3 Å². The van der Waals surface area contributed by atoms with Gasteiger partial charge in [-0.1, -0.05) is 15.9 Å². The Morgan fingerprint density at radius 2 is 1.95 bits per heavy atom. The second-order valence-electron chi connectivity index (χ2n) is 4.37. The van der Waals surface area contributed by atoms with E-state index in [0.29, 0.717) is 5.69 Å². The molecule has 0 saturated heterocycles. The third kappa shape index (κ3) is 3.49. The number of hydrogen-bond acceptors (Lipinski definition) is 3. The van der Waals surface area contributed by atoms with E-state index in [4.69, 9.17) is 0 Å². The summed E-state index contributed by atoms with van der Waals surface area (Å²) in [5.41, 5.74) is 0.656. The highest BCUT2D eigenvalue weighted by Gasteiger charge is 2.17. The molecule has 2 rings (SSSR count). The summed E-state index contributed by atoms with van der Waals surface area (Å²) in [6, 6.07) is 9.85. The van der Waals surface area contributed by atoms with E-state index in [1.807, 2.05) is 0 Å². The van der Waals surface area contributed by atoms with E-state index in [9.17, 15) is 13.5 Å². The van der Waals surface area contributed by atoms with E-state index >= 15 is 0 Å². The molecule has 0 aliphatic rings. The molecular weight excluding hydrogens is 344 g/mol. The van der Waals surface area contributed by atoms with Gasteiger partial charge < -0.3 is 9.67 Å². The Labute approximate surface area is 126 Å². The van der Waals surface area contributed by atoms with Gasteiger partial charge in [0.2, 0.25) is 10.0 Å². The molecule has 1 heterocycles. The molecule has 108 valence electrons. The minimum Gasteiger partial charge on any atom is -0.386 e. The van der Waals surface area contributed by atoms with Crippen LogP contribution in [0.1, 0.15) is 11.8 Å². The van der Waals surface area contributed by atoms with Crippen molar-refractivity contribution >= 4 is 26.0 Å². The maximum atomic E-state index is 12.1. The smallest absolute Gasteiger partial charge is 0.240 e. The van der Waals surface area contributed by atoms with Gasteiger partial charge in [-0.2, -0.15) is 0 Å². The quantitative estimate of drug-likeness (QED) is 0.855. The van der Waals surface area contributed by atoms with Gasteiger partial charge in [0.1, 0.15) is 6.10 Å². The van der Waals surface area contributed by atoms with Crippen LogP contribution in [0.25, 0.3) is 0 Å². The van der Waals surface area contributed by atoms with E-state index in [-0.39, 0.29) is 11.4 Å². The molecule has 7 heteroatoms. The van der Waals surface area contributed by atoms with Gasteiger partial charge in [0.25, 0.3) is 0 Å². The van der Waals surface area contributed by atoms with Crippen LogP contribution in [0.4, 0.5) is 0 Å². The number of aromatic nitrogens is 1. The molecule has 1 aromatic heterocycles. The van der Waals surface area contributed by atoms with Gasteiger partial charge in [-0.05, 0) is 36.4 Å². The standard InChI is InChI=1S/C13H15BrN2O3S/c1-16-8-2-3-12(16)13(17)9-15-20(18,19)11-6-4-10(14)5-7-11/h2-8,13,15,17H,9H2,1H3. The normalized spacial score (nSPS) is 13.3. The minimum atomic E-state index is -3.62. The third-order valence-electron chi connectivity index (χ3n) is 2.92. The molecule has 1 aromatic carbocycles. The first-order valence-corrected chi connectivity index (χ1v) is 8.22. The molecule has 0 bridgehead atoms. The molecule has 1 atom stereocenters. The summed E-state index contributed by atoms with van der Waals surface area (Å²) < 4.78 is 29.1. The number of nitrogens with zero attached hydrogens (tertiary/aromatic N) is 1. The molecule has 0 fully saturated rings. The van der Waals surface area contributed by atoms with Crippen LogP contribution in [-0.2, 0) is 17.1 Å². The lowest BCUT2D eigenvalue weighted by atomic mass is 10.2. The number of benzene rings is 1. The Morgan fingerprint density at radius 3 is 2.50 bits per heavy atom. The maximum Gasteiger partial charge on any atom is 0.240 e. The predicted octanol–water partition coefficient (Wildman–Crippen LogP) is 1.80. The number of hydrogen-bond donors (Lipinski definition) is 2. The van der Waals surface area contributed by atoms with Crippen molar-refractivity contribution < 1.29 is 13.5 Å². The van der Waals surface area contributed by atoms with Crippen LogP contribution in [0, 0.1) is 0 Å². The molecule has 0 aliphatic carbocycles. The third-order valence-corrected chi connectivity index (χ3v) is 4.88. The van der Waals surface area contributed by atoms with Crippen LogP contribution < -0.4 is 4.72 Å². The number of halogens is 1. The monoisotopic (exact) mass is 358 g/mol. The summed E-state index contributed by atoms with van der Waals surface area (Å²) in [4.78, 5) is 0.166. The number of aliphatic hydroxyl groups is 1. The van der Waals surface area contributed by atoms with E-state index in [0.717, 1.165) is 4.47 Å². The molecule has 0 aliphatic heterocycles. The lowest BCUT2D eigenvalue weighted by Crippen LogP contribution is -2.29. The number of nitrogens with one attached hydrogen (secondary N) is 1. The molecule has 2 aromatic rings. The second kappa shape index (κ2) is 6.09. The summed E-state index contributed by atoms with van der Waals surface area (Å²) in [5.74, 6) is 0. The molecule has 0 amide bonds. The minimum absolute atomic E-state index is 0.0732. The fourth-order valence-electron chi connectivity index (χ4n) is 1.81. The highest BCUT2D eigenvalue weighted by Crippen LogP contribution is 2.16. The van der Waals surface area contributed by atoms with E-state index in [1.165, 1.54) is 12.1 Å². The number of aryl methyl sites for hydroxylation is 1. The van der Waals surface area contributed by atoms with Gasteiger partial charge in [-0.25, -0.2) is 13.1 Å². The van der Waals surface area contributed by atoms with Gasteiger partial charge in [-0.15, -0.1) is 0 Å². The lowest BCUT2D eigenvalue weighted by molar-refractivity contribution is 0.173. The Kier molecular flexibility index (Phi) is 4.64. The van der Waals surface area contributed by atoms with Crippen LogP contribution in [0.2, 0.25) is 0 Å². The zero-order valence-electron chi connectivity index (χ0n) is 10.8. The first-order chi connectivity index (χ1) is 9.40. The zero-order valence-corrected chi connectivity index (χ0v) is 13.2. The highest BCUT2D eigenvalue weighted by atomic mass is 79.9. The second-order valence-corrected chi connectivity index (χ2v) is 7.05. The number of sulfonamides is 1. The first kappa shape index (κ1) is 15.2. The van der Waals surface area contributed by atoms with E-state index in [2.05, 4.69) is 20.7 Å². The summed E-state index contributed by atoms with van der Waals surface area (Å²) >= 11 is 3.25. The molecule has 0 radical (unpaired) electrons. The molecule has 1 unspecified atom stereocenters. The average molecular weight is 359 g/mol. The van der Waals surface area contributed by atoms with Crippen LogP contribution >= 0.6 is 15.9 Å². The Balaban J connectivity index is 2.06. The molecule has 0 spiro atoms. The average Bonchev–Trinajstić information content (AvgIpc) is 2.83. The van der Waals surface area contributed by atoms with Crippen molar-refractivity contribution in [2.24, 2.45) is 7.05 Å². The van der Waals surface area contributed by atoms with Gasteiger partial charge in [0, 0.05) is 30.0 Å². The fraction of sp³-hybridized carbons (Fsp3) is 0.231. The Morgan fingerprint density at radius 1 is 1.30 bits per heavy atom. The van der Waals surface area contributed by atoms with Gasteiger partial charge in [-0.3, -0.25) is 0 Å². The van der Waals surface area contributed by atoms with Crippen LogP contribution in [0.3, 0.4) is 0 Å². The van der Waals surface area contributed by atoms with Gasteiger partial charge in [0.05, 0.1) is 4.90 Å². The molecule has 2 N–H and O–H groups in total. The Bertz CT molecular complexity index is 680. The van der Waals surface area contributed by atoms with Crippen molar-refractivity contribution in [3.63, 3.8) is 0 Å². The van der Waals surface area contributed by atoms with Crippen molar-refractivity contribution in [2.45, 2.75) is 11.0 Å². The van der Waals surface area contributed by atoms with Crippen molar-refractivity contribution in [3.05, 3.63) is 52.8 Å². The van der Waals surface area contributed by atoms with Crippen molar-refractivity contribution in [1.82, 2.24) is 9.29 Å². The van der Waals surface area contributed by atoms with Crippen molar-refractivity contribution in [2.75, 3.05) is 6.54 Å². The van der Waals surface area contributed by atoms with Crippen LogP contribution in [-0.4, -0.2) is 24.6 Å². The van der Waals surface area contributed by atoms with Crippen LogP contribution in [0.15, 0.2) is 52.0 Å². The van der Waals surface area contributed by atoms with E-state index < -0.39 is 16.1 Å². The molecule has 0 saturated carbocycles. The Hall–Kier alpha value is -1.15. The van der Waals surface area contributed by atoms with Crippen LogP contribution in [0.5, 0.6) is 0 Å². The van der Waals surface area contributed by atoms with Gasteiger partial charge in [0.15, 0.2) is 0 Å².